The van der Waals surface area contributed by atoms with Crippen molar-refractivity contribution in [3.63, 3.8) is 0 Å². The van der Waals surface area contributed by atoms with Crippen molar-refractivity contribution in [3.05, 3.63) is 56.1 Å². The van der Waals surface area contributed by atoms with Gasteiger partial charge in [-0.2, -0.15) is 0 Å². The highest BCUT2D eigenvalue weighted by atomic mass is 35.5. The Balaban J connectivity index is 2.45. The molecule has 2 aromatic rings. The Morgan fingerprint density at radius 2 is 2.00 bits per heavy atom. The summed E-state index contributed by atoms with van der Waals surface area (Å²) in [6.45, 7) is 4.04. The van der Waals surface area contributed by atoms with E-state index < -0.39 is 4.92 Å². The largest absolute Gasteiger partial charge is 0.496 e. The molecule has 0 atom stereocenters. The van der Waals surface area contributed by atoms with Crippen LogP contribution in [0.15, 0.2) is 24.3 Å². The summed E-state index contributed by atoms with van der Waals surface area (Å²) >= 11 is 12.0. The highest BCUT2D eigenvalue weighted by Gasteiger charge is 2.21. The minimum atomic E-state index is -0.640. The van der Waals surface area contributed by atoms with Gasteiger partial charge in [0.15, 0.2) is 10.8 Å². The number of rotatable bonds is 5. The number of nitrogens with zero attached hydrogens (tertiary/aromatic N) is 1. The summed E-state index contributed by atoms with van der Waals surface area (Å²) < 4.78 is 11.0. The third-order valence-corrected chi connectivity index (χ3v) is 3.82. The summed E-state index contributed by atoms with van der Waals surface area (Å²) in [5, 5.41) is 10.9. The van der Waals surface area contributed by atoms with E-state index in [1.54, 1.807) is 25.3 Å². The van der Waals surface area contributed by atoms with Crippen LogP contribution in [0.1, 0.15) is 25.3 Å². The van der Waals surface area contributed by atoms with Gasteiger partial charge in [0.05, 0.1) is 23.1 Å². The van der Waals surface area contributed by atoms with Crippen molar-refractivity contribution in [3.8, 4) is 17.2 Å². The molecule has 0 aliphatic heterocycles. The van der Waals surface area contributed by atoms with Gasteiger partial charge < -0.3 is 9.47 Å². The first-order chi connectivity index (χ1) is 10.8. The van der Waals surface area contributed by atoms with E-state index in [4.69, 9.17) is 32.7 Å². The van der Waals surface area contributed by atoms with E-state index in [1.165, 1.54) is 6.07 Å². The van der Waals surface area contributed by atoms with Crippen molar-refractivity contribution >= 4 is 28.9 Å². The zero-order chi connectivity index (χ0) is 17.1. The van der Waals surface area contributed by atoms with Crippen molar-refractivity contribution in [1.29, 1.82) is 0 Å². The molecule has 2 aromatic carbocycles. The van der Waals surface area contributed by atoms with Gasteiger partial charge in [0, 0.05) is 5.56 Å². The van der Waals surface area contributed by atoms with Crippen LogP contribution in [0.2, 0.25) is 10.0 Å². The number of hydrogen-bond acceptors (Lipinski definition) is 4. The third-order valence-electron chi connectivity index (χ3n) is 3.19. The van der Waals surface area contributed by atoms with Crippen LogP contribution in [0.5, 0.6) is 17.2 Å². The molecule has 7 heteroatoms. The monoisotopic (exact) mass is 354 g/mol. The number of benzene rings is 2. The van der Waals surface area contributed by atoms with Gasteiger partial charge in [0.25, 0.3) is 5.69 Å². The lowest BCUT2D eigenvalue weighted by molar-refractivity contribution is -0.385. The molecule has 0 aliphatic carbocycles. The number of hydrogen-bond donors (Lipinski definition) is 0. The molecule has 5 nitrogen and oxygen atoms in total. The normalized spacial score (nSPS) is 10.7. The second-order valence-electron chi connectivity index (χ2n) is 5.05. The fraction of sp³-hybridized carbons (Fsp3) is 0.250. The quantitative estimate of drug-likeness (QED) is 0.515. The fourth-order valence-electron chi connectivity index (χ4n) is 2.04. The molecule has 1 radical (unpaired) electrons. The molecular weight excluding hydrogens is 341 g/mol. The molecule has 0 unspecified atom stereocenters. The van der Waals surface area contributed by atoms with Crippen molar-refractivity contribution in [1.82, 2.24) is 0 Å². The zero-order valence-corrected chi connectivity index (χ0v) is 14.2. The van der Waals surface area contributed by atoms with Crippen LogP contribution in [0.4, 0.5) is 5.69 Å². The number of nitro groups is 1. The first-order valence-electron chi connectivity index (χ1n) is 6.75. The summed E-state index contributed by atoms with van der Waals surface area (Å²) in [6.07, 6.45) is 0. The van der Waals surface area contributed by atoms with E-state index >= 15 is 0 Å². The summed E-state index contributed by atoms with van der Waals surface area (Å²) in [6, 6.07) is 8.90. The van der Waals surface area contributed by atoms with Gasteiger partial charge in [0.1, 0.15) is 11.5 Å². The molecule has 2 rings (SSSR count). The van der Waals surface area contributed by atoms with Gasteiger partial charge in [-0.3, -0.25) is 10.1 Å². The average molecular weight is 355 g/mol. The lowest BCUT2D eigenvalue weighted by Crippen LogP contribution is -1.97. The Morgan fingerprint density at radius 1 is 1.30 bits per heavy atom. The van der Waals surface area contributed by atoms with Crippen LogP contribution >= 0.6 is 23.2 Å². The minimum Gasteiger partial charge on any atom is -0.496 e. The van der Waals surface area contributed by atoms with Gasteiger partial charge in [-0.25, -0.2) is 0 Å². The molecule has 0 bridgehead atoms. The second kappa shape index (κ2) is 7.06. The van der Waals surface area contributed by atoms with Crippen molar-refractivity contribution in [2.45, 2.75) is 19.8 Å². The van der Waals surface area contributed by atoms with Crippen LogP contribution < -0.4 is 9.47 Å². The minimum absolute atomic E-state index is 0.0265. The standard InChI is InChI=1S/C16H14Cl2NO4/c1-9(2)11-8-10(4-7-14(11)22-3)23-16-12(17)5-6-13(15(16)18)19(20)21/h4-5,7-9H,1-3H3. The van der Waals surface area contributed by atoms with Crippen LogP contribution in [0.3, 0.4) is 0 Å². The topological polar surface area (TPSA) is 61.6 Å². The van der Waals surface area contributed by atoms with Crippen LogP contribution in [-0.4, -0.2) is 12.0 Å². The molecule has 0 heterocycles. The first-order valence-corrected chi connectivity index (χ1v) is 7.50. The molecule has 0 saturated carbocycles. The number of methoxy groups -OCH3 is 1. The highest BCUT2D eigenvalue weighted by molar-refractivity contribution is 6.38. The molecular formula is C16H14Cl2NO4. The summed E-state index contributed by atoms with van der Waals surface area (Å²) in [5.41, 5.74) is 0.554. The Kier molecular flexibility index (Phi) is 5.34. The van der Waals surface area contributed by atoms with E-state index in [9.17, 15) is 10.1 Å². The van der Waals surface area contributed by atoms with Crippen LogP contribution in [-0.2, 0) is 0 Å². The van der Waals surface area contributed by atoms with Crippen molar-refractivity contribution < 1.29 is 14.4 Å². The maximum absolute atomic E-state index is 10.9. The van der Waals surface area contributed by atoms with E-state index in [2.05, 4.69) is 6.07 Å². The Morgan fingerprint density at radius 3 is 2.57 bits per heavy atom. The van der Waals surface area contributed by atoms with E-state index in [-0.39, 0.29) is 27.4 Å². The second-order valence-corrected chi connectivity index (χ2v) is 5.83. The number of ether oxygens (including phenoxy) is 2. The van der Waals surface area contributed by atoms with Gasteiger partial charge in [-0.1, -0.05) is 37.0 Å². The van der Waals surface area contributed by atoms with Gasteiger partial charge >= 0.3 is 0 Å². The lowest BCUT2D eigenvalue weighted by Gasteiger charge is -2.15. The first kappa shape index (κ1) is 17.4. The molecule has 0 saturated heterocycles. The fourth-order valence-corrected chi connectivity index (χ4v) is 2.54. The SMILES string of the molecule is COc1ccc(Oc2c(Cl)c[c]c([N+](=O)[O-])c2Cl)cc1C(C)C. The van der Waals surface area contributed by atoms with Gasteiger partial charge in [-0.15, -0.1) is 0 Å². The maximum Gasteiger partial charge on any atom is 0.299 e. The smallest absolute Gasteiger partial charge is 0.299 e. The predicted molar refractivity (Wildman–Crippen MR) is 89.1 cm³/mol. The summed E-state index contributed by atoms with van der Waals surface area (Å²) in [7, 11) is 1.59. The number of nitro benzene ring substituents is 1. The van der Waals surface area contributed by atoms with Gasteiger partial charge in [0.2, 0.25) is 0 Å². The predicted octanol–water partition coefficient (Wildman–Crippen LogP) is 5.63. The van der Waals surface area contributed by atoms with E-state index in [0.717, 1.165) is 11.3 Å². The third kappa shape index (κ3) is 3.68. The van der Waals surface area contributed by atoms with E-state index in [0.29, 0.717) is 5.75 Å². The summed E-state index contributed by atoms with van der Waals surface area (Å²) in [5.74, 6) is 1.42. The van der Waals surface area contributed by atoms with Crippen molar-refractivity contribution in [2.24, 2.45) is 0 Å². The molecule has 0 aromatic heterocycles. The highest BCUT2D eigenvalue weighted by Crippen LogP contribution is 2.42. The molecule has 23 heavy (non-hydrogen) atoms. The summed E-state index contributed by atoms with van der Waals surface area (Å²) in [4.78, 5) is 10.3. The van der Waals surface area contributed by atoms with Crippen molar-refractivity contribution in [2.75, 3.05) is 7.11 Å². The Bertz CT molecular complexity index is 747. The average Bonchev–Trinajstić information content (AvgIpc) is 2.50. The molecule has 0 fully saturated rings. The molecule has 0 amide bonds. The Hall–Kier alpha value is -1.98. The molecule has 0 spiro atoms. The van der Waals surface area contributed by atoms with Crippen LogP contribution in [0, 0.1) is 16.2 Å². The zero-order valence-electron chi connectivity index (χ0n) is 12.7. The molecule has 121 valence electrons. The molecule has 0 N–H and O–H groups in total. The number of halogens is 2. The van der Waals surface area contributed by atoms with Crippen LogP contribution in [0.25, 0.3) is 0 Å². The maximum atomic E-state index is 10.9. The van der Waals surface area contributed by atoms with Gasteiger partial charge in [-0.05, 0) is 30.2 Å². The van der Waals surface area contributed by atoms with E-state index in [1.807, 2.05) is 13.8 Å². The molecule has 0 aliphatic rings. The lowest BCUT2D eigenvalue weighted by atomic mass is 10.0. The Labute approximate surface area is 143 Å².